The number of rotatable bonds is 3. The topological polar surface area (TPSA) is 57.9 Å². The third kappa shape index (κ3) is 1.92. The molecular weight excluding hydrogens is 210 g/mol. The fourth-order valence-electron chi connectivity index (χ4n) is 1.75. The van der Waals surface area contributed by atoms with Gasteiger partial charge in [-0.3, -0.25) is 0 Å². The van der Waals surface area contributed by atoms with Gasteiger partial charge in [0.2, 0.25) is 0 Å². The van der Waals surface area contributed by atoms with Crippen LogP contribution in [-0.4, -0.2) is 13.8 Å². The normalized spacial score (nSPS) is 19.5. The molecule has 1 aromatic carbocycles. The van der Waals surface area contributed by atoms with Crippen LogP contribution in [0, 0.1) is 5.92 Å². The highest BCUT2D eigenvalue weighted by Gasteiger charge is 2.35. The number of hydrogen-bond acceptors (Lipinski definition) is 2. The summed E-state index contributed by atoms with van der Waals surface area (Å²) in [6, 6.07) is 8.30. The molecule has 3 nitrogen and oxygen atoms in total. The zero-order chi connectivity index (χ0) is 10.9. The van der Waals surface area contributed by atoms with Crippen LogP contribution in [0.15, 0.2) is 35.2 Å². The van der Waals surface area contributed by atoms with Crippen LogP contribution in [0.1, 0.15) is 19.3 Å². The summed E-state index contributed by atoms with van der Waals surface area (Å²) in [5, 5.41) is -0.978. The number of nitrogens with one attached hydrogen (secondary N) is 1. The summed E-state index contributed by atoms with van der Waals surface area (Å²) in [4.78, 5) is 0.275. The van der Waals surface area contributed by atoms with Crippen LogP contribution in [0.2, 0.25) is 0 Å². The van der Waals surface area contributed by atoms with Crippen LogP contribution in [0.25, 0.3) is 0 Å². The van der Waals surface area contributed by atoms with E-state index in [-0.39, 0.29) is 10.8 Å². The van der Waals surface area contributed by atoms with Crippen molar-refractivity contribution in [3.8, 4) is 0 Å². The number of hydrogen-bond donors (Lipinski definition) is 0. The van der Waals surface area contributed by atoms with Gasteiger partial charge in [-0.2, -0.15) is 0 Å². The molecule has 1 unspecified atom stereocenters. The maximum Gasteiger partial charge on any atom is 0.195 e. The first kappa shape index (κ1) is 10.6. The molecule has 2 rings (SSSR count). The maximum absolute atomic E-state index is 12.0. The quantitative estimate of drug-likeness (QED) is 0.787. The van der Waals surface area contributed by atoms with E-state index >= 15 is 0 Å². The molecule has 15 heavy (non-hydrogen) atoms. The smallest absolute Gasteiger partial charge is 0.195 e. The van der Waals surface area contributed by atoms with E-state index in [4.69, 9.17) is 5.73 Å². The summed E-state index contributed by atoms with van der Waals surface area (Å²) >= 11 is 0. The summed E-state index contributed by atoms with van der Waals surface area (Å²) in [5.41, 5.74) is 7.78. The lowest BCUT2D eigenvalue weighted by Crippen LogP contribution is -2.35. The molecule has 0 spiro atoms. The second-order valence-electron chi connectivity index (χ2n) is 3.97. The summed E-state index contributed by atoms with van der Waals surface area (Å²) < 4.78 is 24.0. The molecule has 0 aliphatic heterocycles. The second kappa shape index (κ2) is 3.94. The van der Waals surface area contributed by atoms with E-state index in [9.17, 15) is 8.42 Å². The van der Waals surface area contributed by atoms with E-state index in [0.29, 0.717) is 0 Å². The Hall–Kier alpha value is -0.870. The van der Waals surface area contributed by atoms with Crippen molar-refractivity contribution >= 4 is 9.84 Å². The molecule has 0 saturated heterocycles. The number of benzene rings is 1. The average molecular weight is 224 g/mol. The van der Waals surface area contributed by atoms with E-state index in [1.807, 2.05) is 0 Å². The summed E-state index contributed by atoms with van der Waals surface area (Å²) in [6.45, 7) is 0. The SMILES string of the molecule is [NH]C(C1CCC1)S(=O)(=O)c1ccccc1. The van der Waals surface area contributed by atoms with Gasteiger partial charge in [-0.05, 0) is 30.9 Å². The fraction of sp³-hybridized carbons (Fsp3) is 0.455. The molecule has 0 aromatic heterocycles. The molecule has 1 aromatic rings. The van der Waals surface area contributed by atoms with Crippen LogP contribution < -0.4 is 5.73 Å². The molecule has 0 amide bonds. The molecular formula is C11H14NO2S. The Labute approximate surface area is 90.2 Å². The minimum atomic E-state index is -3.43. The van der Waals surface area contributed by atoms with Gasteiger partial charge >= 0.3 is 0 Å². The molecule has 1 N–H and O–H groups in total. The van der Waals surface area contributed by atoms with Crippen molar-refractivity contribution < 1.29 is 8.42 Å². The Morgan fingerprint density at radius 1 is 1.20 bits per heavy atom. The van der Waals surface area contributed by atoms with Gasteiger partial charge in [-0.1, -0.05) is 24.6 Å². The van der Waals surface area contributed by atoms with Crippen molar-refractivity contribution in [2.45, 2.75) is 29.5 Å². The lowest BCUT2D eigenvalue weighted by molar-refractivity contribution is 0.297. The van der Waals surface area contributed by atoms with Gasteiger partial charge < -0.3 is 0 Å². The molecule has 4 heteroatoms. The standard InChI is InChI=1S/C11H14NO2S/c12-11(9-5-4-6-9)15(13,14)10-7-2-1-3-8-10/h1-3,7-9,11-12H,4-6H2. The van der Waals surface area contributed by atoms with Crippen LogP contribution in [-0.2, 0) is 9.84 Å². The molecule has 0 heterocycles. The molecule has 1 radical (unpaired) electrons. The van der Waals surface area contributed by atoms with E-state index in [0.717, 1.165) is 19.3 Å². The van der Waals surface area contributed by atoms with Gasteiger partial charge in [0.25, 0.3) is 0 Å². The summed E-state index contributed by atoms with van der Waals surface area (Å²) in [5.74, 6) is 0.0372. The highest BCUT2D eigenvalue weighted by Crippen LogP contribution is 2.33. The van der Waals surface area contributed by atoms with Crippen LogP contribution in [0.4, 0.5) is 0 Å². The average Bonchev–Trinajstić information content (AvgIpc) is 2.16. The zero-order valence-electron chi connectivity index (χ0n) is 8.39. The van der Waals surface area contributed by atoms with Gasteiger partial charge in [0.1, 0.15) is 5.37 Å². The van der Waals surface area contributed by atoms with E-state index in [1.54, 1.807) is 30.3 Å². The predicted octanol–water partition coefficient (Wildman–Crippen LogP) is 1.87. The molecule has 0 bridgehead atoms. The molecule has 1 fully saturated rings. The van der Waals surface area contributed by atoms with Crippen LogP contribution >= 0.6 is 0 Å². The maximum atomic E-state index is 12.0. The van der Waals surface area contributed by atoms with E-state index < -0.39 is 15.2 Å². The van der Waals surface area contributed by atoms with Crippen LogP contribution in [0.5, 0.6) is 0 Å². The van der Waals surface area contributed by atoms with Gasteiger partial charge in [0.15, 0.2) is 9.84 Å². The monoisotopic (exact) mass is 224 g/mol. The fourth-order valence-corrected chi connectivity index (χ4v) is 3.36. The van der Waals surface area contributed by atoms with Crippen molar-refractivity contribution in [2.24, 2.45) is 5.92 Å². The van der Waals surface area contributed by atoms with Crippen LogP contribution in [0.3, 0.4) is 0 Å². The van der Waals surface area contributed by atoms with Crippen molar-refractivity contribution in [3.63, 3.8) is 0 Å². The first-order valence-electron chi connectivity index (χ1n) is 5.12. The minimum absolute atomic E-state index is 0.0372. The predicted molar refractivity (Wildman–Crippen MR) is 57.9 cm³/mol. The van der Waals surface area contributed by atoms with Crippen molar-refractivity contribution in [1.82, 2.24) is 5.73 Å². The van der Waals surface area contributed by atoms with E-state index in [2.05, 4.69) is 0 Å². The first-order chi connectivity index (χ1) is 7.12. The lowest BCUT2D eigenvalue weighted by Gasteiger charge is -2.30. The molecule has 1 saturated carbocycles. The second-order valence-corrected chi connectivity index (χ2v) is 6.04. The zero-order valence-corrected chi connectivity index (χ0v) is 9.20. The molecule has 1 aliphatic carbocycles. The minimum Gasteiger partial charge on any atom is -0.238 e. The van der Waals surface area contributed by atoms with Gasteiger partial charge in [-0.25, -0.2) is 14.2 Å². The van der Waals surface area contributed by atoms with Gasteiger partial charge in [-0.15, -0.1) is 0 Å². The number of sulfone groups is 1. The third-order valence-electron chi connectivity index (χ3n) is 2.98. The Balaban J connectivity index is 2.26. The van der Waals surface area contributed by atoms with Crippen molar-refractivity contribution in [2.75, 3.05) is 0 Å². The Morgan fingerprint density at radius 3 is 2.27 bits per heavy atom. The third-order valence-corrected chi connectivity index (χ3v) is 4.97. The van der Waals surface area contributed by atoms with Gasteiger partial charge in [0.05, 0.1) is 4.90 Å². The highest BCUT2D eigenvalue weighted by molar-refractivity contribution is 7.92. The molecule has 81 valence electrons. The molecule has 1 aliphatic rings. The first-order valence-corrected chi connectivity index (χ1v) is 6.67. The van der Waals surface area contributed by atoms with E-state index in [1.165, 1.54) is 0 Å². The summed E-state index contributed by atoms with van der Waals surface area (Å²) in [7, 11) is -3.43. The van der Waals surface area contributed by atoms with Crippen molar-refractivity contribution in [1.29, 1.82) is 0 Å². The van der Waals surface area contributed by atoms with Gasteiger partial charge in [0, 0.05) is 0 Å². The Kier molecular flexibility index (Phi) is 2.80. The lowest BCUT2D eigenvalue weighted by atomic mass is 9.85. The molecule has 1 atom stereocenters. The Morgan fingerprint density at radius 2 is 1.80 bits per heavy atom. The summed E-state index contributed by atoms with van der Waals surface area (Å²) in [6.07, 6.45) is 2.81. The Bertz CT molecular complexity index is 423. The largest absolute Gasteiger partial charge is 0.238 e. The highest BCUT2D eigenvalue weighted by atomic mass is 32.2. The van der Waals surface area contributed by atoms with Crippen molar-refractivity contribution in [3.05, 3.63) is 30.3 Å².